The first-order valence-corrected chi connectivity index (χ1v) is 11.8. The number of carboxylic acids is 2. The summed E-state index contributed by atoms with van der Waals surface area (Å²) in [5.41, 5.74) is 0.595. The van der Waals surface area contributed by atoms with Crippen molar-refractivity contribution in [3.8, 4) is 11.5 Å². The lowest BCUT2D eigenvalue weighted by Gasteiger charge is -2.20. The van der Waals surface area contributed by atoms with Crippen molar-refractivity contribution in [3.05, 3.63) is 11.6 Å². The Labute approximate surface area is 199 Å². The van der Waals surface area contributed by atoms with E-state index in [9.17, 15) is 39.6 Å². The largest absolute Gasteiger partial charge is 0.503 e. The summed E-state index contributed by atoms with van der Waals surface area (Å²) in [7, 11) is 1.75. The van der Waals surface area contributed by atoms with Crippen LogP contribution in [0.2, 0.25) is 0 Å². The number of aromatic hydroxyl groups is 2. The number of carbonyl (C=O) groups excluding carboxylic acids is 2. The number of carbonyl (C=O) groups is 4. The van der Waals surface area contributed by atoms with Crippen molar-refractivity contribution in [2.75, 3.05) is 18.6 Å². The summed E-state index contributed by atoms with van der Waals surface area (Å²) in [6.07, 6.45) is 0.409. The number of thioether (sulfide) groups is 2. The van der Waals surface area contributed by atoms with Crippen molar-refractivity contribution in [1.82, 2.24) is 16.0 Å². The second kappa shape index (κ2) is 13.2. The van der Waals surface area contributed by atoms with Gasteiger partial charge in [-0.15, -0.1) is 23.5 Å². The highest BCUT2D eigenvalue weighted by Crippen LogP contribution is 2.45. The monoisotopic (exact) mass is 503 g/mol. The maximum absolute atomic E-state index is 11.4. The molecule has 0 aliphatic heterocycles. The fourth-order valence-electron chi connectivity index (χ4n) is 2.70. The molecule has 0 bridgehead atoms. The van der Waals surface area contributed by atoms with Crippen LogP contribution in [0.3, 0.4) is 0 Å². The number of aliphatic carboxylic acids is 2. The molecule has 33 heavy (non-hydrogen) atoms. The van der Waals surface area contributed by atoms with Gasteiger partial charge in [-0.05, 0) is 32.0 Å². The molecule has 7 N–H and O–H groups in total. The molecule has 13 heteroatoms. The number of likely N-dealkylation sites (N-methyl/N-ethyl adjacent to an activating group) is 1. The van der Waals surface area contributed by atoms with E-state index in [-0.39, 0.29) is 27.3 Å². The Kier molecular flexibility index (Phi) is 11.3. The van der Waals surface area contributed by atoms with E-state index in [0.717, 1.165) is 23.5 Å². The number of phenolic OH excluding ortho intramolecular Hbond substituents is 2. The van der Waals surface area contributed by atoms with E-state index in [4.69, 9.17) is 0 Å². The molecule has 184 valence electrons. The molecular weight excluding hydrogens is 474 g/mol. The normalized spacial score (nSPS) is 13.6. The smallest absolute Gasteiger partial charge is 0.327 e. The predicted octanol–water partition coefficient (Wildman–Crippen LogP) is 0.611. The third-order valence-electron chi connectivity index (χ3n) is 4.44. The van der Waals surface area contributed by atoms with Crippen LogP contribution < -0.4 is 16.0 Å². The maximum Gasteiger partial charge on any atom is 0.327 e. The molecule has 1 aromatic carbocycles. The molecular formula is C20H29N3O8S2. The lowest BCUT2D eigenvalue weighted by Crippen LogP contribution is -2.41. The molecule has 0 aromatic heterocycles. The quantitative estimate of drug-likeness (QED) is 0.148. The van der Waals surface area contributed by atoms with Gasteiger partial charge in [0.05, 0.1) is 9.79 Å². The van der Waals surface area contributed by atoms with Crippen LogP contribution in [0.15, 0.2) is 15.9 Å². The van der Waals surface area contributed by atoms with Crippen LogP contribution >= 0.6 is 23.5 Å². The van der Waals surface area contributed by atoms with Crippen LogP contribution in [-0.4, -0.2) is 80.9 Å². The topological polar surface area (TPSA) is 185 Å². The Balaban J connectivity index is 3.25. The van der Waals surface area contributed by atoms with Crippen molar-refractivity contribution in [2.45, 2.75) is 55.1 Å². The van der Waals surface area contributed by atoms with Crippen LogP contribution in [0.4, 0.5) is 0 Å². The SMILES string of the molecule is CN[C@H](C)Cc1cc(SC[C@@H](NC(C)=O)C(=O)O)c(O)c(O)c1SC[C@@H](NC(C)=O)C(=O)O. The zero-order valence-electron chi connectivity index (χ0n) is 18.7. The molecule has 0 unspecified atom stereocenters. The van der Waals surface area contributed by atoms with E-state index >= 15 is 0 Å². The lowest BCUT2D eigenvalue weighted by atomic mass is 10.1. The third kappa shape index (κ3) is 9.02. The molecule has 0 spiro atoms. The molecule has 1 rings (SSSR count). The van der Waals surface area contributed by atoms with Gasteiger partial charge >= 0.3 is 11.9 Å². The number of rotatable bonds is 13. The third-order valence-corrected chi connectivity index (χ3v) is 6.81. The van der Waals surface area contributed by atoms with E-state index in [0.29, 0.717) is 12.0 Å². The number of hydrogen-bond donors (Lipinski definition) is 7. The Morgan fingerprint density at radius 3 is 1.82 bits per heavy atom. The van der Waals surface area contributed by atoms with Crippen LogP contribution in [0.25, 0.3) is 0 Å². The highest BCUT2D eigenvalue weighted by molar-refractivity contribution is 8.00. The van der Waals surface area contributed by atoms with E-state index < -0.39 is 47.3 Å². The van der Waals surface area contributed by atoms with Crippen LogP contribution in [0.1, 0.15) is 26.3 Å². The fraction of sp³-hybridized carbons (Fsp3) is 0.500. The molecule has 0 aliphatic rings. The van der Waals surface area contributed by atoms with Crippen LogP contribution in [-0.2, 0) is 25.6 Å². The Hall–Kier alpha value is -2.64. The van der Waals surface area contributed by atoms with Gasteiger partial charge in [0.1, 0.15) is 12.1 Å². The van der Waals surface area contributed by atoms with Gasteiger partial charge in [-0.3, -0.25) is 9.59 Å². The molecule has 1 aromatic rings. The van der Waals surface area contributed by atoms with Gasteiger partial charge in [0.25, 0.3) is 0 Å². The molecule has 0 heterocycles. The van der Waals surface area contributed by atoms with E-state index in [1.165, 1.54) is 13.8 Å². The predicted molar refractivity (Wildman–Crippen MR) is 124 cm³/mol. The first-order chi connectivity index (χ1) is 15.4. The molecule has 0 aliphatic carbocycles. The van der Waals surface area contributed by atoms with Gasteiger partial charge in [0, 0.05) is 31.4 Å². The standard InChI is InChI=1S/C20H29N3O8S2/c1-9(21-4)5-12-6-15(32-7-13(19(28)29)22-10(2)24)16(26)17(27)18(12)33-8-14(20(30)31)23-11(3)25/h6,9,13-14,21,26-27H,5,7-8H2,1-4H3,(H,22,24)(H,23,25)(H,28,29)(H,30,31)/t9-,13-,14-/m1/s1. The van der Waals surface area contributed by atoms with Gasteiger partial charge in [-0.1, -0.05) is 0 Å². The summed E-state index contributed by atoms with van der Waals surface area (Å²) in [6, 6.07) is -0.845. The Bertz CT molecular complexity index is 897. The minimum Gasteiger partial charge on any atom is -0.503 e. The van der Waals surface area contributed by atoms with Gasteiger partial charge in [-0.25, -0.2) is 9.59 Å². The fourth-order valence-corrected chi connectivity index (χ4v) is 4.85. The lowest BCUT2D eigenvalue weighted by molar-refractivity contribution is -0.141. The number of hydrogen-bond acceptors (Lipinski definition) is 9. The van der Waals surface area contributed by atoms with Crippen molar-refractivity contribution in [2.24, 2.45) is 0 Å². The van der Waals surface area contributed by atoms with E-state index in [2.05, 4.69) is 16.0 Å². The highest BCUT2D eigenvalue weighted by atomic mass is 32.2. The molecule has 11 nitrogen and oxygen atoms in total. The summed E-state index contributed by atoms with van der Waals surface area (Å²) < 4.78 is 0. The van der Waals surface area contributed by atoms with Crippen molar-refractivity contribution in [3.63, 3.8) is 0 Å². The number of nitrogens with one attached hydrogen (secondary N) is 3. The summed E-state index contributed by atoms with van der Waals surface area (Å²) in [4.78, 5) is 45.8. The van der Waals surface area contributed by atoms with Crippen molar-refractivity contribution in [1.29, 1.82) is 0 Å². The number of benzene rings is 1. The average Bonchev–Trinajstić information content (AvgIpc) is 2.71. The van der Waals surface area contributed by atoms with Crippen molar-refractivity contribution >= 4 is 47.3 Å². The van der Waals surface area contributed by atoms with Gasteiger partial charge in [0.15, 0.2) is 11.5 Å². The van der Waals surface area contributed by atoms with Crippen LogP contribution in [0, 0.1) is 0 Å². The Morgan fingerprint density at radius 1 is 0.909 bits per heavy atom. The van der Waals surface area contributed by atoms with Crippen molar-refractivity contribution < 1.29 is 39.6 Å². The summed E-state index contributed by atoms with van der Waals surface area (Å²) >= 11 is 1.92. The second-order valence-corrected chi connectivity index (χ2v) is 9.35. The molecule has 0 saturated heterocycles. The highest BCUT2D eigenvalue weighted by Gasteiger charge is 2.25. The molecule has 2 amide bonds. The summed E-state index contributed by atoms with van der Waals surface area (Å²) in [5, 5.41) is 47.5. The molecule has 0 saturated carbocycles. The molecule has 0 radical (unpaired) electrons. The van der Waals surface area contributed by atoms with Gasteiger partial charge in [0.2, 0.25) is 11.8 Å². The Morgan fingerprint density at radius 2 is 1.39 bits per heavy atom. The summed E-state index contributed by atoms with van der Waals surface area (Å²) in [5.74, 6) is -4.66. The first-order valence-electron chi connectivity index (χ1n) is 9.87. The van der Waals surface area contributed by atoms with Gasteiger partial charge < -0.3 is 36.4 Å². The number of amides is 2. The zero-order valence-corrected chi connectivity index (χ0v) is 20.3. The maximum atomic E-state index is 11.4. The minimum atomic E-state index is -1.24. The zero-order chi connectivity index (χ0) is 25.3. The number of phenols is 2. The van der Waals surface area contributed by atoms with E-state index in [1.807, 2.05) is 6.92 Å². The van der Waals surface area contributed by atoms with Crippen LogP contribution in [0.5, 0.6) is 11.5 Å². The average molecular weight is 504 g/mol. The van der Waals surface area contributed by atoms with Gasteiger partial charge in [-0.2, -0.15) is 0 Å². The second-order valence-electron chi connectivity index (χ2n) is 7.26. The molecule has 0 fully saturated rings. The number of carboxylic acid groups (broad SMARTS) is 2. The first kappa shape index (κ1) is 28.4. The molecule has 3 atom stereocenters. The summed E-state index contributed by atoms with van der Waals surface area (Å²) in [6.45, 7) is 4.28. The van der Waals surface area contributed by atoms with E-state index in [1.54, 1.807) is 13.1 Å². The minimum absolute atomic E-state index is 0.0390.